The van der Waals surface area contributed by atoms with Crippen molar-refractivity contribution in [3.63, 3.8) is 0 Å². The summed E-state index contributed by atoms with van der Waals surface area (Å²) >= 11 is 0. The Labute approximate surface area is 250 Å². The molecule has 5 rings (SSSR count). The normalized spacial score (nSPS) is 16.3. The predicted octanol–water partition coefficient (Wildman–Crippen LogP) is 4.05. The summed E-state index contributed by atoms with van der Waals surface area (Å²) in [5, 5.41) is 39.8. The monoisotopic (exact) mass is 586 g/mol. The van der Waals surface area contributed by atoms with Crippen molar-refractivity contribution in [1.82, 2.24) is 35.6 Å². The average Bonchev–Trinajstić information content (AvgIpc) is 3.71. The minimum atomic E-state index is -0.739. The molecule has 3 aromatic heterocycles. The minimum absolute atomic E-state index is 0.259. The smallest absolute Gasteiger partial charge is 0.249 e. The largest absolute Gasteiger partial charge is 0.420 e. The molecule has 0 bridgehead atoms. The number of rotatable bonds is 13. The molecule has 1 saturated heterocycles. The summed E-state index contributed by atoms with van der Waals surface area (Å²) in [4.78, 5) is 10.6. The molecule has 0 amide bonds. The molecule has 226 valence electrons. The number of aliphatic hydroxyl groups is 2. The third kappa shape index (κ3) is 7.85. The molecule has 1 aliphatic rings. The van der Waals surface area contributed by atoms with E-state index in [2.05, 4.69) is 47.3 Å². The maximum absolute atomic E-state index is 10.9. The van der Waals surface area contributed by atoms with Crippen molar-refractivity contribution in [2.75, 3.05) is 19.7 Å². The molecular weight excluding hydrogens is 548 g/mol. The molecule has 0 saturated carbocycles. The van der Waals surface area contributed by atoms with E-state index < -0.39 is 6.10 Å². The number of pyridine rings is 1. The van der Waals surface area contributed by atoms with Crippen molar-refractivity contribution in [3.05, 3.63) is 72.0 Å². The first-order valence-electron chi connectivity index (χ1n) is 14.5. The van der Waals surface area contributed by atoms with Gasteiger partial charge in [-0.25, -0.2) is 0 Å². The van der Waals surface area contributed by atoms with Gasteiger partial charge in [0.15, 0.2) is 0 Å². The summed E-state index contributed by atoms with van der Waals surface area (Å²) < 4.78 is 11.6. The van der Waals surface area contributed by atoms with Gasteiger partial charge in [-0.05, 0) is 76.5 Å². The van der Waals surface area contributed by atoms with Gasteiger partial charge >= 0.3 is 0 Å². The summed E-state index contributed by atoms with van der Waals surface area (Å²) in [6.07, 6.45) is 5.59. The second-order valence-corrected chi connectivity index (χ2v) is 10.9. The van der Waals surface area contributed by atoms with E-state index >= 15 is 0 Å². The molecule has 2 unspecified atom stereocenters. The third-order valence-corrected chi connectivity index (χ3v) is 7.77. The third-order valence-electron chi connectivity index (χ3n) is 7.77. The van der Waals surface area contributed by atoms with Crippen LogP contribution < -0.4 is 5.32 Å². The van der Waals surface area contributed by atoms with Crippen LogP contribution in [0, 0.1) is 5.92 Å². The number of aliphatic imine (C=N–C) groups is 1. The van der Waals surface area contributed by atoms with Crippen LogP contribution in [0.5, 0.6) is 0 Å². The molecule has 12 nitrogen and oxygen atoms in total. The van der Waals surface area contributed by atoms with Crippen LogP contribution in [0.1, 0.15) is 62.4 Å². The Morgan fingerprint density at radius 2 is 1.81 bits per heavy atom. The Morgan fingerprint density at radius 3 is 2.51 bits per heavy atom. The average molecular weight is 587 g/mol. The van der Waals surface area contributed by atoms with Gasteiger partial charge in [-0.3, -0.25) is 14.9 Å². The Kier molecular flexibility index (Phi) is 10.2. The molecule has 1 fully saturated rings. The van der Waals surface area contributed by atoms with Gasteiger partial charge in [0.2, 0.25) is 23.6 Å². The molecule has 0 aliphatic carbocycles. The van der Waals surface area contributed by atoms with Crippen LogP contribution >= 0.6 is 0 Å². The Hall–Kier alpha value is -4.10. The first-order valence-corrected chi connectivity index (χ1v) is 14.5. The van der Waals surface area contributed by atoms with Crippen LogP contribution in [-0.2, 0) is 13.1 Å². The van der Waals surface area contributed by atoms with E-state index in [1.807, 2.05) is 50.2 Å². The van der Waals surface area contributed by atoms with E-state index in [1.54, 1.807) is 12.4 Å². The lowest BCUT2D eigenvalue weighted by Crippen LogP contribution is -2.33. The molecule has 4 heterocycles. The molecular formula is C31H38N8O4. The number of benzene rings is 1. The van der Waals surface area contributed by atoms with Gasteiger partial charge in [0.1, 0.15) is 0 Å². The zero-order valence-electron chi connectivity index (χ0n) is 24.6. The van der Waals surface area contributed by atoms with Crippen LogP contribution in [0.15, 0.2) is 62.6 Å². The summed E-state index contributed by atoms with van der Waals surface area (Å²) in [5.41, 5.74) is 3.98. The molecule has 12 heteroatoms. The SMILES string of the molecule is C=N/C=C(\C)c1nnc(CNC(C)C(O)c2ccc(-c3ccc(-c4nnc(CN5CCC(CCO)CC5)o4)cn3)cc2)o1. The van der Waals surface area contributed by atoms with Gasteiger partial charge in [-0.2, -0.15) is 0 Å². The molecule has 0 radical (unpaired) electrons. The van der Waals surface area contributed by atoms with Crippen LogP contribution in [0.25, 0.3) is 28.3 Å². The number of hydrogen-bond donors (Lipinski definition) is 3. The first kappa shape index (κ1) is 30.4. The highest BCUT2D eigenvalue weighted by atomic mass is 16.4. The van der Waals surface area contributed by atoms with E-state index in [4.69, 9.17) is 13.9 Å². The van der Waals surface area contributed by atoms with Crippen molar-refractivity contribution in [1.29, 1.82) is 0 Å². The molecule has 43 heavy (non-hydrogen) atoms. The van der Waals surface area contributed by atoms with Crippen LogP contribution in [0.4, 0.5) is 0 Å². The molecule has 1 aliphatic heterocycles. The Morgan fingerprint density at radius 1 is 1.07 bits per heavy atom. The van der Waals surface area contributed by atoms with Gasteiger partial charge < -0.3 is 24.4 Å². The van der Waals surface area contributed by atoms with Gasteiger partial charge in [0.25, 0.3) is 0 Å². The molecule has 2 atom stereocenters. The number of likely N-dealkylation sites (tertiary alicyclic amines) is 1. The van der Waals surface area contributed by atoms with Gasteiger partial charge in [-0.1, -0.05) is 24.3 Å². The molecule has 1 aromatic carbocycles. The maximum atomic E-state index is 10.9. The predicted molar refractivity (Wildman–Crippen MR) is 161 cm³/mol. The highest BCUT2D eigenvalue weighted by Gasteiger charge is 2.21. The van der Waals surface area contributed by atoms with Crippen molar-refractivity contribution in [3.8, 4) is 22.7 Å². The lowest BCUT2D eigenvalue weighted by atomic mass is 9.94. The second kappa shape index (κ2) is 14.4. The Bertz CT molecular complexity index is 1490. The zero-order chi connectivity index (χ0) is 30.2. The van der Waals surface area contributed by atoms with Crippen LogP contribution in [0.3, 0.4) is 0 Å². The van der Waals surface area contributed by atoms with Crippen molar-refractivity contribution in [2.45, 2.75) is 58.3 Å². The van der Waals surface area contributed by atoms with Crippen molar-refractivity contribution in [2.24, 2.45) is 10.9 Å². The molecule has 4 aromatic rings. The summed E-state index contributed by atoms with van der Waals surface area (Å²) in [7, 11) is 0. The number of allylic oxidation sites excluding steroid dienone is 1. The van der Waals surface area contributed by atoms with Crippen molar-refractivity contribution < 1.29 is 19.0 Å². The number of aliphatic hydroxyl groups excluding tert-OH is 2. The highest BCUT2D eigenvalue weighted by Crippen LogP contribution is 2.26. The summed E-state index contributed by atoms with van der Waals surface area (Å²) in [5.74, 6) is 2.44. The Balaban J connectivity index is 1.13. The van der Waals surface area contributed by atoms with E-state index in [1.165, 1.54) is 0 Å². The number of hydrogen-bond acceptors (Lipinski definition) is 12. The minimum Gasteiger partial charge on any atom is -0.420 e. The standard InChI is InChI=1S/C31H38N8O4/c1-20(16-32-3)30-37-35-27(42-30)18-33-21(2)29(41)24-6-4-23(5-7-24)26-9-8-25(17-34-26)31-38-36-28(43-31)19-39-13-10-22(11-14-39)12-15-40/h4-9,16-17,21-22,29,33,40-41H,3,10-15,18-19H2,1-2H3/b20-16+. The number of nitrogens with one attached hydrogen (secondary N) is 1. The molecule has 3 N–H and O–H groups in total. The van der Waals surface area contributed by atoms with E-state index in [0.717, 1.165) is 60.3 Å². The highest BCUT2D eigenvalue weighted by molar-refractivity contribution is 5.63. The number of nitrogens with zero attached hydrogens (tertiary/aromatic N) is 7. The fourth-order valence-electron chi connectivity index (χ4n) is 5.11. The number of piperidine rings is 1. The van der Waals surface area contributed by atoms with Gasteiger partial charge in [0.05, 0.1) is 30.5 Å². The van der Waals surface area contributed by atoms with Crippen molar-refractivity contribution >= 4 is 12.3 Å². The van der Waals surface area contributed by atoms with Gasteiger partial charge in [0, 0.05) is 36.2 Å². The number of aromatic nitrogens is 5. The second-order valence-electron chi connectivity index (χ2n) is 10.9. The van der Waals surface area contributed by atoms with E-state index in [-0.39, 0.29) is 12.6 Å². The zero-order valence-corrected chi connectivity index (χ0v) is 24.6. The lowest BCUT2D eigenvalue weighted by molar-refractivity contribution is 0.134. The fourth-order valence-corrected chi connectivity index (χ4v) is 5.11. The maximum Gasteiger partial charge on any atom is 0.249 e. The summed E-state index contributed by atoms with van der Waals surface area (Å²) in [6, 6.07) is 11.2. The first-order chi connectivity index (χ1) is 20.9. The van der Waals surface area contributed by atoms with Crippen LogP contribution in [-0.4, -0.2) is 72.9 Å². The van der Waals surface area contributed by atoms with E-state index in [0.29, 0.717) is 42.6 Å². The quantitative estimate of drug-likeness (QED) is 0.194. The summed E-state index contributed by atoms with van der Waals surface area (Å²) in [6.45, 7) is 10.3. The topological polar surface area (TPSA) is 159 Å². The van der Waals surface area contributed by atoms with Crippen LogP contribution in [0.2, 0.25) is 0 Å². The molecule has 0 spiro atoms. The lowest BCUT2D eigenvalue weighted by Gasteiger charge is -2.30. The fraction of sp³-hybridized carbons (Fsp3) is 0.419. The van der Waals surface area contributed by atoms with Gasteiger partial charge in [-0.15, -0.1) is 20.4 Å². The van der Waals surface area contributed by atoms with E-state index in [9.17, 15) is 5.11 Å².